The Kier molecular flexibility index (Phi) is 16.2. The standard InChI is InChI=1S/C38H52Cl3N5O9/c1-22(2)30(31(47)42-24(4)32(48)46-18-10-11-28(45-46)33(49)53-21-38(39,40)41)54-34(50)37(8,20-52-9)17-16-25-12-13-26-14-15-27(44-29(26)19-25)23(3)43-35(51)55-36(5,6)7/h12-17,19,22-24,28,30,45H,10-11,18,20-21H2,1-9H3,(H,42,47)(H,43,51)/t23-,24+,28+,30+,37+/m1/s1. The van der Waals surface area contributed by atoms with Gasteiger partial charge in [-0.05, 0) is 78.0 Å². The lowest BCUT2D eigenvalue weighted by molar-refractivity contribution is -0.168. The predicted molar refractivity (Wildman–Crippen MR) is 210 cm³/mol. The Morgan fingerprint density at radius 1 is 1.00 bits per heavy atom. The normalized spacial score (nSPS) is 17.9. The van der Waals surface area contributed by atoms with Crippen LogP contribution < -0.4 is 16.1 Å². The number of carbonyl (C=O) groups is 5. The highest BCUT2D eigenvalue weighted by Crippen LogP contribution is 2.28. The first-order valence-corrected chi connectivity index (χ1v) is 19.1. The number of ether oxygens (including phenoxy) is 4. The molecule has 1 fully saturated rings. The van der Waals surface area contributed by atoms with Crippen molar-refractivity contribution >= 4 is 81.6 Å². The summed E-state index contributed by atoms with van der Waals surface area (Å²) < 4.78 is 19.8. The third kappa shape index (κ3) is 14.1. The maximum absolute atomic E-state index is 13.7. The van der Waals surface area contributed by atoms with Crippen molar-refractivity contribution in [2.45, 2.75) is 102 Å². The minimum absolute atomic E-state index is 0.0562. The average molecular weight is 829 g/mol. The first-order valence-electron chi connectivity index (χ1n) is 17.9. The molecule has 1 aromatic heterocycles. The molecule has 17 heteroatoms. The number of nitrogens with zero attached hydrogens (tertiary/aromatic N) is 2. The molecule has 2 aromatic rings. The number of fused-ring (bicyclic) bond motifs is 1. The molecule has 3 N–H and O–H groups in total. The summed E-state index contributed by atoms with van der Waals surface area (Å²) in [5, 5.41) is 7.55. The quantitative estimate of drug-likeness (QED) is 0.116. The smallest absolute Gasteiger partial charge is 0.408 e. The predicted octanol–water partition coefficient (Wildman–Crippen LogP) is 5.97. The highest BCUT2D eigenvalue weighted by Gasteiger charge is 2.39. The van der Waals surface area contributed by atoms with E-state index in [1.165, 1.54) is 19.0 Å². The second kappa shape index (κ2) is 19.4. The van der Waals surface area contributed by atoms with Crippen molar-refractivity contribution in [2.24, 2.45) is 11.3 Å². The largest absolute Gasteiger partial charge is 0.460 e. The zero-order valence-electron chi connectivity index (χ0n) is 32.7. The zero-order chi connectivity index (χ0) is 41.3. The molecular formula is C38H52Cl3N5O9. The molecule has 304 valence electrons. The number of hydrogen-bond acceptors (Lipinski definition) is 11. The lowest BCUT2D eigenvalue weighted by Gasteiger charge is -2.35. The van der Waals surface area contributed by atoms with Crippen LogP contribution in [0.1, 0.15) is 85.5 Å². The number of rotatable bonds is 14. The Balaban J connectivity index is 1.70. The minimum Gasteiger partial charge on any atom is -0.460 e. The number of pyridine rings is 1. The lowest BCUT2D eigenvalue weighted by atomic mass is 9.90. The van der Waals surface area contributed by atoms with Crippen LogP contribution in [0, 0.1) is 11.3 Å². The number of amides is 3. The fourth-order valence-corrected chi connectivity index (χ4v) is 5.67. The van der Waals surface area contributed by atoms with Gasteiger partial charge in [-0.3, -0.25) is 29.2 Å². The molecule has 0 unspecified atom stereocenters. The number of carbonyl (C=O) groups excluding carboxylic acids is 5. The zero-order valence-corrected chi connectivity index (χ0v) is 34.9. The van der Waals surface area contributed by atoms with Gasteiger partial charge in [-0.1, -0.05) is 79.0 Å². The van der Waals surface area contributed by atoms with Crippen LogP contribution >= 0.6 is 34.8 Å². The van der Waals surface area contributed by atoms with Crippen molar-refractivity contribution in [1.29, 1.82) is 0 Å². The van der Waals surface area contributed by atoms with Gasteiger partial charge in [0.2, 0.25) is 3.79 Å². The SMILES string of the molecule is COC[C@](C)(C=Cc1ccc2ccc([C@@H](C)NC(=O)OC(C)(C)C)nc2c1)C(=O)O[C@H](C(=O)N[C@@H](C)C(=O)N1CCC[C@@H](C(=O)OCC(Cl)(Cl)Cl)N1)C(C)C. The Bertz CT molecular complexity index is 1730. The van der Waals surface area contributed by atoms with Crippen LogP contribution in [0.3, 0.4) is 0 Å². The summed E-state index contributed by atoms with van der Waals surface area (Å²) in [6.45, 7) is 13.5. The molecule has 5 atom stereocenters. The number of aromatic nitrogens is 1. The number of methoxy groups -OCH3 is 1. The molecule has 3 amide bonds. The van der Waals surface area contributed by atoms with Crippen molar-refractivity contribution in [2.75, 3.05) is 26.9 Å². The molecule has 1 aliphatic rings. The van der Waals surface area contributed by atoms with E-state index in [0.717, 1.165) is 10.9 Å². The van der Waals surface area contributed by atoms with E-state index < -0.39 is 81.4 Å². The number of nitrogens with one attached hydrogen (secondary N) is 3. The molecule has 14 nitrogen and oxygen atoms in total. The van der Waals surface area contributed by atoms with Gasteiger partial charge in [0.05, 0.1) is 23.9 Å². The first kappa shape index (κ1) is 45.7. The van der Waals surface area contributed by atoms with Gasteiger partial charge in [0, 0.05) is 19.0 Å². The summed E-state index contributed by atoms with van der Waals surface area (Å²) >= 11 is 17.0. The van der Waals surface area contributed by atoms with Gasteiger partial charge in [-0.25, -0.2) is 10.2 Å². The summed E-state index contributed by atoms with van der Waals surface area (Å²) in [5.41, 5.74) is 2.91. The van der Waals surface area contributed by atoms with Crippen molar-refractivity contribution < 1.29 is 42.9 Å². The van der Waals surface area contributed by atoms with Crippen molar-refractivity contribution in [3.05, 3.63) is 47.7 Å². The van der Waals surface area contributed by atoms with Crippen LogP contribution in [0.25, 0.3) is 17.0 Å². The lowest BCUT2D eigenvalue weighted by Crippen LogP contribution is -2.60. The highest BCUT2D eigenvalue weighted by molar-refractivity contribution is 6.67. The van der Waals surface area contributed by atoms with Gasteiger partial charge >= 0.3 is 18.0 Å². The second-order valence-electron chi connectivity index (χ2n) is 15.1. The fraction of sp³-hybridized carbons (Fsp3) is 0.579. The maximum Gasteiger partial charge on any atom is 0.408 e. The third-order valence-corrected chi connectivity index (χ3v) is 8.74. The van der Waals surface area contributed by atoms with Crippen molar-refractivity contribution in [3.63, 3.8) is 0 Å². The molecule has 0 spiro atoms. The molecule has 3 rings (SSSR count). The molecule has 0 saturated carbocycles. The summed E-state index contributed by atoms with van der Waals surface area (Å²) in [5.74, 6) is -3.05. The molecular weight excluding hydrogens is 777 g/mol. The van der Waals surface area contributed by atoms with Crippen LogP contribution in [-0.2, 0) is 38.1 Å². The van der Waals surface area contributed by atoms with Crippen LogP contribution in [0.15, 0.2) is 36.4 Å². The molecule has 1 aromatic carbocycles. The van der Waals surface area contributed by atoms with Crippen molar-refractivity contribution in [3.8, 4) is 0 Å². The Labute approximate surface area is 337 Å². The Morgan fingerprint density at radius 2 is 1.67 bits per heavy atom. The van der Waals surface area contributed by atoms with E-state index in [4.69, 9.17) is 58.7 Å². The number of halogens is 3. The van der Waals surface area contributed by atoms with Gasteiger partial charge < -0.3 is 29.6 Å². The molecule has 1 aliphatic heterocycles. The molecule has 55 heavy (non-hydrogen) atoms. The van der Waals surface area contributed by atoms with E-state index >= 15 is 0 Å². The molecule has 2 heterocycles. The number of benzene rings is 1. The average Bonchev–Trinajstić information content (AvgIpc) is 3.09. The second-order valence-corrected chi connectivity index (χ2v) is 17.6. The summed E-state index contributed by atoms with van der Waals surface area (Å²) in [4.78, 5) is 70.0. The van der Waals surface area contributed by atoms with Gasteiger partial charge in [-0.15, -0.1) is 0 Å². The molecule has 0 bridgehead atoms. The number of hydrogen-bond donors (Lipinski definition) is 3. The van der Waals surface area contributed by atoms with Crippen LogP contribution in [0.4, 0.5) is 4.79 Å². The monoisotopic (exact) mass is 827 g/mol. The van der Waals surface area contributed by atoms with E-state index in [-0.39, 0.29) is 13.2 Å². The molecule has 1 saturated heterocycles. The van der Waals surface area contributed by atoms with Crippen LogP contribution in [-0.4, -0.2) is 94.3 Å². The highest BCUT2D eigenvalue weighted by atomic mass is 35.6. The third-order valence-electron chi connectivity index (χ3n) is 8.41. The van der Waals surface area contributed by atoms with Crippen LogP contribution in [0.2, 0.25) is 0 Å². The first-order chi connectivity index (χ1) is 25.5. The molecule has 0 aliphatic carbocycles. The van der Waals surface area contributed by atoms with Gasteiger partial charge in [0.25, 0.3) is 11.8 Å². The number of hydrazine groups is 1. The van der Waals surface area contributed by atoms with Crippen LogP contribution in [0.5, 0.6) is 0 Å². The van der Waals surface area contributed by atoms with Gasteiger partial charge in [0.15, 0.2) is 6.10 Å². The fourth-order valence-electron chi connectivity index (χ4n) is 5.51. The maximum atomic E-state index is 13.7. The summed E-state index contributed by atoms with van der Waals surface area (Å²) in [7, 11) is 1.45. The number of alkyl halides is 3. The van der Waals surface area contributed by atoms with E-state index in [2.05, 4.69) is 16.1 Å². The van der Waals surface area contributed by atoms with E-state index in [1.54, 1.807) is 53.7 Å². The Morgan fingerprint density at radius 3 is 2.29 bits per heavy atom. The minimum atomic E-state index is -1.78. The van der Waals surface area contributed by atoms with E-state index in [0.29, 0.717) is 24.1 Å². The summed E-state index contributed by atoms with van der Waals surface area (Å²) in [6, 6.07) is 7.03. The Hall–Kier alpha value is -3.69. The molecule has 0 radical (unpaired) electrons. The van der Waals surface area contributed by atoms with Crippen molar-refractivity contribution in [1.82, 2.24) is 26.1 Å². The van der Waals surface area contributed by atoms with E-state index in [1.807, 2.05) is 37.3 Å². The number of esters is 2. The van der Waals surface area contributed by atoms with Gasteiger partial charge in [-0.2, -0.15) is 0 Å². The summed E-state index contributed by atoms with van der Waals surface area (Å²) in [6.07, 6.45) is 2.46. The topological polar surface area (TPSA) is 174 Å². The van der Waals surface area contributed by atoms with Gasteiger partial charge in [0.1, 0.15) is 29.7 Å². The van der Waals surface area contributed by atoms with E-state index in [9.17, 15) is 24.0 Å². The number of alkyl carbamates (subject to hydrolysis) is 1.